The standard InChI is InChI=1S/C20H17N5O5.ClH/c26-15-7-6-14(17(27)24-15)25-18(28)13-5-1-3-11(16(13)19(25)29)9-22-20(30)23-12-4-2-8-21-10-12;/h1-5,8,10,14H,6-7,9H2,(H2,22,23,30)(H,24,26,27);1H. The van der Waals surface area contributed by atoms with Crippen molar-refractivity contribution in [3.05, 3.63) is 59.4 Å². The Morgan fingerprint density at radius 1 is 1.13 bits per heavy atom. The third kappa shape index (κ3) is 4.24. The fourth-order valence-corrected chi connectivity index (χ4v) is 3.52. The maximum atomic E-state index is 13.0. The topological polar surface area (TPSA) is 138 Å². The molecule has 1 aromatic heterocycles. The minimum absolute atomic E-state index is 0. The summed E-state index contributed by atoms with van der Waals surface area (Å²) in [6.45, 7) is -0.00250. The summed E-state index contributed by atoms with van der Waals surface area (Å²) in [4.78, 5) is 66.2. The number of carbonyl (C=O) groups is 5. The SMILES string of the molecule is Cl.O=C1CCC(N2C(=O)c3cccc(CNC(=O)Nc4cccnc4)c3C2=O)C(=O)N1. The van der Waals surface area contributed by atoms with Gasteiger partial charge in [-0.05, 0) is 30.2 Å². The Morgan fingerprint density at radius 2 is 1.94 bits per heavy atom. The highest BCUT2D eigenvalue weighted by molar-refractivity contribution is 6.24. The van der Waals surface area contributed by atoms with Crippen LogP contribution in [0.15, 0.2) is 42.7 Å². The zero-order chi connectivity index (χ0) is 21.3. The van der Waals surface area contributed by atoms with Gasteiger partial charge in [-0.2, -0.15) is 0 Å². The van der Waals surface area contributed by atoms with E-state index in [1.807, 2.05) is 0 Å². The van der Waals surface area contributed by atoms with E-state index in [1.54, 1.807) is 30.5 Å². The molecule has 0 spiro atoms. The number of nitrogens with zero attached hydrogens (tertiary/aromatic N) is 2. The number of pyridine rings is 1. The maximum Gasteiger partial charge on any atom is 0.319 e. The van der Waals surface area contributed by atoms with Crippen LogP contribution in [-0.4, -0.2) is 45.6 Å². The van der Waals surface area contributed by atoms with Crippen LogP contribution in [0.3, 0.4) is 0 Å². The summed E-state index contributed by atoms with van der Waals surface area (Å²) in [5.41, 5.74) is 1.26. The molecular formula is C20H18ClN5O5. The Hall–Kier alpha value is -3.79. The van der Waals surface area contributed by atoms with Crippen molar-refractivity contribution in [2.45, 2.75) is 25.4 Å². The van der Waals surface area contributed by atoms with Gasteiger partial charge in [0.25, 0.3) is 11.8 Å². The number of amides is 6. The van der Waals surface area contributed by atoms with Crippen molar-refractivity contribution in [1.29, 1.82) is 0 Å². The number of imide groups is 2. The lowest BCUT2D eigenvalue weighted by Crippen LogP contribution is -2.54. The van der Waals surface area contributed by atoms with Crippen LogP contribution < -0.4 is 16.0 Å². The summed E-state index contributed by atoms with van der Waals surface area (Å²) >= 11 is 0. The molecule has 1 unspecified atom stereocenters. The summed E-state index contributed by atoms with van der Waals surface area (Å²) in [5.74, 6) is -2.31. The van der Waals surface area contributed by atoms with Gasteiger partial charge < -0.3 is 10.6 Å². The molecule has 1 saturated heterocycles. The lowest BCUT2D eigenvalue weighted by atomic mass is 10.0. The van der Waals surface area contributed by atoms with E-state index in [4.69, 9.17) is 0 Å². The predicted molar refractivity (Wildman–Crippen MR) is 110 cm³/mol. The van der Waals surface area contributed by atoms with Crippen molar-refractivity contribution in [2.75, 3.05) is 5.32 Å². The van der Waals surface area contributed by atoms with E-state index >= 15 is 0 Å². The van der Waals surface area contributed by atoms with E-state index < -0.39 is 35.7 Å². The van der Waals surface area contributed by atoms with Crippen molar-refractivity contribution < 1.29 is 24.0 Å². The molecule has 6 amide bonds. The van der Waals surface area contributed by atoms with E-state index in [2.05, 4.69) is 20.9 Å². The molecule has 1 aromatic carbocycles. The highest BCUT2D eigenvalue weighted by atomic mass is 35.5. The van der Waals surface area contributed by atoms with Crippen LogP contribution >= 0.6 is 12.4 Å². The van der Waals surface area contributed by atoms with E-state index in [1.165, 1.54) is 12.3 Å². The zero-order valence-electron chi connectivity index (χ0n) is 16.1. The van der Waals surface area contributed by atoms with Gasteiger partial charge in [0.1, 0.15) is 6.04 Å². The minimum Gasteiger partial charge on any atom is -0.334 e. The van der Waals surface area contributed by atoms with Gasteiger partial charge >= 0.3 is 6.03 Å². The predicted octanol–water partition coefficient (Wildman–Crippen LogP) is 1.23. The second-order valence-corrected chi connectivity index (χ2v) is 6.84. The number of halogens is 1. The average Bonchev–Trinajstić information content (AvgIpc) is 2.98. The van der Waals surface area contributed by atoms with Gasteiger partial charge in [-0.15, -0.1) is 12.4 Å². The molecule has 0 bridgehead atoms. The van der Waals surface area contributed by atoms with Gasteiger partial charge in [0, 0.05) is 19.2 Å². The molecule has 4 rings (SSSR count). The highest BCUT2D eigenvalue weighted by Crippen LogP contribution is 2.29. The maximum absolute atomic E-state index is 13.0. The molecule has 1 atom stereocenters. The van der Waals surface area contributed by atoms with Crippen molar-refractivity contribution in [3.63, 3.8) is 0 Å². The highest BCUT2D eigenvalue weighted by Gasteiger charge is 2.45. The minimum atomic E-state index is -1.04. The number of rotatable bonds is 4. The average molecular weight is 444 g/mol. The first-order valence-corrected chi connectivity index (χ1v) is 9.24. The van der Waals surface area contributed by atoms with Gasteiger partial charge in [-0.25, -0.2) is 4.79 Å². The summed E-state index contributed by atoms with van der Waals surface area (Å²) in [6.07, 6.45) is 3.19. The summed E-state index contributed by atoms with van der Waals surface area (Å²) in [5, 5.41) is 7.41. The second kappa shape index (κ2) is 8.92. The van der Waals surface area contributed by atoms with E-state index in [0.717, 1.165) is 4.90 Å². The molecule has 3 N–H and O–H groups in total. The fourth-order valence-electron chi connectivity index (χ4n) is 3.52. The number of benzene rings is 1. The Balaban J connectivity index is 0.00000272. The fraction of sp³-hybridized carbons (Fsp3) is 0.200. The van der Waals surface area contributed by atoms with E-state index in [-0.39, 0.29) is 42.9 Å². The molecule has 31 heavy (non-hydrogen) atoms. The third-order valence-corrected chi connectivity index (χ3v) is 4.91. The lowest BCUT2D eigenvalue weighted by Gasteiger charge is -2.27. The van der Waals surface area contributed by atoms with Crippen LogP contribution in [0.2, 0.25) is 0 Å². The first-order chi connectivity index (χ1) is 14.5. The monoisotopic (exact) mass is 443 g/mol. The van der Waals surface area contributed by atoms with Crippen LogP contribution in [-0.2, 0) is 16.1 Å². The van der Waals surface area contributed by atoms with Crippen molar-refractivity contribution in [3.8, 4) is 0 Å². The number of nitrogens with one attached hydrogen (secondary N) is 3. The lowest BCUT2D eigenvalue weighted by molar-refractivity contribution is -0.136. The number of fused-ring (bicyclic) bond motifs is 1. The quantitative estimate of drug-likeness (QED) is 0.607. The number of anilines is 1. The Labute approximate surface area is 182 Å². The van der Waals surface area contributed by atoms with Gasteiger partial charge in [0.2, 0.25) is 11.8 Å². The van der Waals surface area contributed by atoms with Crippen LogP contribution in [0.1, 0.15) is 39.1 Å². The van der Waals surface area contributed by atoms with Crippen molar-refractivity contribution in [2.24, 2.45) is 0 Å². The van der Waals surface area contributed by atoms with Crippen molar-refractivity contribution in [1.82, 2.24) is 20.5 Å². The molecule has 2 aromatic rings. The van der Waals surface area contributed by atoms with E-state index in [9.17, 15) is 24.0 Å². The number of aromatic nitrogens is 1. The zero-order valence-corrected chi connectivity index (χ0v) is 16.9. The van der Waals surface area contributed by atoms with E-state index in [0.29, 0.717) is 11.3 Å². The smallest absolute Gasteiger partial charge is 0.319 e. The molecule has 2 aliphatic rings. The number of carbonyl (C=O) groups excluding carboxylic acids is 5. The Bertz CT molecular complexity index is 1070. The Morgan fingerprint density at radius 3 is 2.65 bits per heavy atom. The molecule has 10 nitrogen and oxygen atoms in total. The number of piperidine rings is 1. The largest absolute Gasteiger partial charge is 0.334 e. The second-order valence-electron chi connectivity index (χ2n) is 6.84. The summed E-state index contributed by atoms with van der Waals surface area (Å²) in [6, 6.07) is 6.54. The Kier molecular flexibility index (Phi) is 6.30. The van der Waals surface area contributed by atoms with Crippen LogP contribution in [0.5, 0.6) is 0 Å². The summed E-state index contributed by atoms with van der Waals surface area (Å²) in [7, 11) is 0. The molecule has 11 heteroatoms. The molecule has 0 aliphatic carbocycles. The molecule has 1 fully saturated rings. The number of hydrogen-bond donors (Lipinski definition) is 3. The third-order valence-electron chi connectivity index (χ3n) is 4.91. The van der Waals surface area contributed by atoms with Gasteiger partial charge in [-0.3, -0.25) is 34.4 Å². The van der Waals surface area contributed by atoms with Crippen molar-refractivity contribution >= 4 is 47.8 Å². The van der Waals surface area contributed by atoms with Crippen LogP contribution in [0.25, 0.3) is 0 Å². The molecule has 3 heterocycles. The first kappa shape index (κ1) is 21.9. The van der Waals surface area contributed by atoms with Crippen LogP contribution in [0.4, 0.5) is 10.5 Å². The molecule has 160 valence electrons. The molecular weight excluding hydrogens is 426 g/mol. The number of urea groups is 1. The normalized spacial score (nSPS) is 17.5. The first-order valence-electron chi connectivity index (χ1n) is 9.24. The number of hydrogen-bond acceptors (Lipinski definition) is 6. The molecule has 0 saturated carbocycles. The molecule has 2 aliphatic heterocycles. The van der Waals surface area contributed by atoms with Gasteiger partial charge in [0.05, 0.1) is 23.0 Å². The summed E-state index contributed by atoms with van der Waals surface area (Å²) < 4.78 is 0. The van der Waals surface area contributed by atoms with Crippen LogP contribution in [0, 0.1) is 0 Å². The van der Waals surface area contributed by atoms with Gasteiger partial charge in [-0.1, -0.05) is 12.1 Å². The molecule has 0 radical (unpaired) electrons. The van der Waals surface area contributed by atoms with Gasteiger partial charge in [0.15, 0.2) is 0 Å².